The van der Waals surface area contributed by atoms with E-state index in [1.165, 1.54) is 25.7 Å². The number of methoxy groups -OCH3 is 2. The van der Waals surface area contributed by atoms with Crippen LogP contribution in [0.25, 0.3) is 32.6 Å². The summed E-state index contributed by atoms with van der Waals surface area (Å²) in [6, 6.07) is 25.1. The summed E-state index contributed by atoms with van der Waals surface area (Å²) in [5, 5.41) is 13.7. The maximum absolute atomic E-state index is 7.30. The summed E-state index contributed by atoms with van der Waals surface area (Å²) in [7, 11) is 3.42. The lowest BCUT2D eigenvalue weighted by molar-refractivity contribution is -0.0505. The average Bonchev–Trinajstić information content (AvgIpc) is 3.29. The molecule has 6 saturated heterocycles. The predicted octanol–water partition coefficient (Wildman–Crippen LogP) is 9.22. The first-order valence-corrected chi connectivity index (χ1v) is 21.5. The highest BCUT2D eigenvalue weighted by Gasteiger charge is 2.46. The lowest BCUT2D eigenvalue weighted by atomic mass is 9.72. The first-order chi connectivity index (χ1) is 28.5. The molecule has 58 heavy (non-hydrogen) atoms. The van der Waals surface area contributed by atoms with Crippen LogP contribution in [0.1, 0.15) is 75.7 Å². The van der Waals surface area contributed by atoms with Crippen LogP contribution in [-0.2, 0) is 0 Å². The van der Waals surface area contributed by atoms with E-state index in [4.69, 9.17) is 39.1 Å². The molecule has 6 fully saturated rings. The highest BCUT2D eigenvalue weighted by molar-refractivity contribution is 5.91. The fraction of sp³-hybridized carbons (Fsp3) is 0.458. The third kappa shape index (κ3) is 6.58. The van der Waals surface area contributed by atoms with Crippen molar-refractivity contribution in [3.8, 4) is 23.3 Å². The molecule has 0 saturated carbocycles. The van der Waals surface area contributed by atoms with Gasteiger partial charge in [0.2, 0.25) is 11.8 Å². The first-order valence-electron chi connectivity index (χ1n) is 21.5. The molecule has 0 N–H and O–H groups in total. The molecule has 6 aromatic rings. The Labute approximate surface area is 340 Å². The van der Waals surface area contributed by atoms with E-state index in [1.54, 1.807) is 14.2 Å². The summed E-state index contributed by atoms with van der Waals surface area (Å²) in [5.74, 6) is 5.39. The van der Waals surface area contributed by atoms with Gasteiger partial charge in [0.1, 0.15) is 23.7 Å². The second-order valence-corrected chi connectivity index (χ2v) is 17.0. The van der Waals surface area contributed by atoms with Crippen LogP contribution >= 0.6 is 0 Å². The summed E-state index contributed by atoms with van der Waals surface area (Å²) >= 11 is 0. The van der Waals surface area contributed by atoms with Crippen molar-refractivity contribution in [1.29, 1.82) is 0 Å². The number of ether oxygens (including phenoxy) is 4. The highest BCUT2D eigenvalue weighted by atomic mass is 16.5. The minimum absolute atomic E-state index is 0.180. The molecular formula is C48H54N6O4. The van der Waals surface area contributed by atoms with Gasteiger partial charge in [-0.25, -0.2) is 0 Å². The first kappa shape index (κ1) is 37.2. The van der Waals surface area contributed by atoms with E-state index in [1.807, 2.05) is 36.7 Å². The van der Waals surface area contributed by atoms with E-state index in [2.05, 4.69) is 72.2 Å². The molecule has 0 spiro atoms. The molecule has 10 atom stereocenters. The number of hydrogen-bond acceptors (Lipinski definition) is 10. The number of pyridine rings is 2. The zero-order chi connectivity index (χ0) is 39.3. The lowest BCUT2D eigenvalue weighted by Crippen LogP contribution is -2.56. The van der Waals surface area contributed by atoms with Crippen LogP contribution in [0.15, 0.2) is 85.2 Å². The van der Waals surface area contributed by atoms with Gasteiger partial charge < -0.3 is 18.9 Å². The molecule has 6 aliphatic heterocycles. The van der Waals surface area contributed by atoms with Gasteiger partial charge in [-0.2, -0.15) is 0 Å². The Kier molecular flexibility index (Phi) is 10.0. The summed E-state index contributed by atoms with van der Waals surface area (Å²) in [6.07, 6.45) is 10.2. The molecule has 9 heterocycles. The molecule has 10 nitrogen and oxygen atoms in total. The van der Waals surface area contributed by atoms with Crippen LogP contribution < -0.4 is 18.9 Å². The Balaban J connectivity index is 1.06. The Hall–Kier alpha value is -5.06. The van der Waals surface area contributed by atoms with Crippen molar-refractivity contribution in [2.75, 3.05) is 40.4 Å². The van der Waals surface area contributed by atoms with Crippen molar-refractivity contribution in [2.45, 2.75) is 76.7 Å². The zero-order valence-electron chi connectivity index (χ0n) is 34.1. The zero-order valence-corrected chi connectivity index (χ0v) is 34.1. The van der Waals surface area contributed by atoms with Crippen LogP contribution in [0.4, 0.5) is 0 Å². The van der Waals surface area contributed by atoms with Crippen LogP contribution in [0, 0.1) is 23.7 Å². The maximum atomic E-state index is 7.30. The fourth-order valence-corrected chi connectivity index (χ4v) is 11.1. The standard InChI is InChI=1S/C48H54N6O4/c1-5-29-27-53-21-17-31(29)23-43(53)45(35-15-19-49-41-13-11-33(55-3)25-39(35)41)57-47-37-9-7-8-10-38(37)48(52-51-47)58-46(44-24-32-18-22-54(44)28-30(32)6-2)36-16-20-50-42-14-12-34(56-4)26-40(36)42/h7-16,19-20,25-26,29-32,43-46H,5-6,17-18,21-24,27-28H2,1-4H3/t29?,30?,31?,32?,43-,44-,45?,46?/m0/s1. The second-order valence-electron chi connectivity index (χ2n) is 17.0. The normalized spacial score (nSPS) is 27.4. The Morgan fingerprint density at radius 2 is 1.07 bits per heavy atom. The van der Waals surface area contributed by atoms with Crippen molar-refractivity contribution in [3.05, 3.63) is 96.3 Å². The number of benzene rings is 3. The fourth-order valence-electron chi connectivity index (χ4n) is 11.1. The van der Waals surface area contributed by atoms with Gasteiger partial charge in [0.05, 0.1) is 48.1 Å². The molecule has 8 unspecified atom stereocenters. The number of rotatable bonds is 12. The van der Waals surface area contributed by atoms with Crippen LogP contribution in [0.5, 0.6) is 23.3 Å². The van der Waals surface area contributed by atoms with Crippen molar-refractivity contribution in [1.82, 2.24) is 30.0 Å². The Morgan fingerprint density at radius 1 is 0.603 bits per heavy atom. The monoisotopic (exact) mass is 778 g/mol. The maximum Gasteiger partial charge on any atom is 0.242 e. The molecule has 3 aromatic heterocycles. The molecule has 6 aliphatic rings. The SMILES string of the molecule is CCC1CN2CCC1C[C@H]2C(Oc1nnc(OC(c2ccnc3ccc(OC)cc23)[C@@H]2CC3CCN2CC3CC)c2ccccc12)c1ccnc2ccc(OC)cc12. The smallest absolute Gasteiger partial charge is 0.242 e. The molecule has 0 aliphatic carbocycles. The quantitative estimate of drug-likeness (QED) is 0.120. The predicted molar refractivity (Wildman–Crippen MR) is 227 cm³/mol. The van der Waals surface area contributed by atoms with E-state index in [-0.39, 0.29) is 24.3 Å². The number of nitrogens with zero attached hydrogens (tertiary/aromatic N) is 6. The van der Waals surface area contributed by atoms with Gasteiger partial charge in [0.25, 0.3) is 0 Å². The van der Waals surface area contributed by atoms with Crippen LogP contribution in [0.2, 0.25) is 0 Å². The lowest BCUT2D eigenvalue weighted by Gasteiger charge is -2.52. The molecule has 10 heteroatoms. The molecule has 3 aromatic carbocycles. The van der Waals surface area contributed by atoms with Crippen molar-refractivity contribution < 1.29 is 18.9 Å². The van der Waals surface area contributed by atoms with Gasteiger partial charge in [-0.3, -0.25) is 19.8 Å². The Morgan fingerprint density at radius 3 is 1.47 bits per heavy atom. The van der Waals surface area contributed by atoms with Crippen LogP contribution in [-0.4, -0.2) is 82.4 Å². The highest BCUT2D eigenvalue weighted by Crippen LogP contribution is 2.47. The molecule has 0 amide bonds. The topological polar surface area (TPSA) is 95.0 Å². The van der Waals surface area contributed by atoms with Gasteiger partial charge in [-0.15, -0.1) is 10.2 Å². The molecule has 300 valence electrons. The average molecular weight is 779 g/mol. The third-order valence-corrected chi connectivity index (χ3v) is 14.3. The van der Waals surface area contributed by atoms with E-state index >= 15 is 0 Å². The van der Waals surface area contributed by atoms with Crippen molar-refractivity contribution >= 4 is 32.6 Å². The number of piperidine rings is 6. The van der Waals surface area contributed by atoms with Crippen molar-refractivity contribution in [2.24, 2.45) is 23.7 Å². The molecule has 4 bridgehead atoms. The van der Waals surface area contributed by atoms with Gasteiger partial charge >= 0.3 is 0 Å². The van der Waals surface area contributed by atoms with E-state index in [9.17, 15) is 0 Å². The van der Waals surface area contributed by atoms with E-state index in [0.717, 1.165) is 94.2 Å². The largest absolute Gasteiger partial charge is 0.497 e. The minimum Gasteiger partial charge on any atom is -0.497 e. The summed E-state index contributed by atoms with van der Waals surface area (Å²) in [4.78, 5) is 14.8. The summed E-state index contributed by atoms with van der Waals surface area (Å²) in [6.45, 7) is 9.00. The third-order valence-electron chi connectivity index (χ3n) is 14.3. The van der Waals surface area contributed by atoms with Crippen LogP contribution in [0.3, 0.4) is 0 Å². The second kappa shape index (κ2) is 15.6. The van der Waals surface area contributed by atoms with Gasteiger partial charge in [0, 0.05) is 47.4 Å². The van der Waals surface area contributed by atoms with Gasteiger partial charge in [-0.1, -0.05) is 38.8 Å². The molecular weight excluding hydrogens is 725 g/mol. The van der Waals surface area contributed by atoms with E-state index < -0.39 is 0 Å². The minimum atomic E-state index is -0.300. The van der Waals surface area contributed by atoms with Gasteiger partial charge in [-0.05, 0) is 123 Å². The number of aromatic nitrogens is 4. The number of fused-ring (bicyclic) bond motifs is 9. The van der Waals surface area contributed by atoms with Crippen molar-refractivity contribution in [3.63, 3.8) is 0 Å². The number of hydrogen-bond donors (Lipinski definition) is 0. The van der Waals surface area contributed by atoms with Gasteiger partial charge in [0.15, 0.2) is 0 Å². The summed E-state index contributed by atoms with van der Waals surface area (Å²) in [5.41, 5.74) is 4.01. The molecule has 0 radical (unpaired) electrons. The summed E-state index contributed by atoms with van der Waals surface area (Å²) < 4.78 is 26.0. The Bertz CT molecular complexity index is 2280. The molecule has 12 rings (SSSR count). The van der Waals surface area contributed by atoms with E-state index in [0.29, 0.717) is 35.4 Å².